The van der Waals surface area contributed by atoms with E-state index in [4.69, 9.17) is 9.47 Å². The van der Waals surface area contributed by atoms with E-state index in [1.807, 2.05) is 24.3 Å². The van der Waals surface area contributed by atoms with Gasteiger partial charge in [0.05, 0.1) is 19.9 Å². The first-order chi connectivity index (χ1) is 12.2. The van der Waals surface area contributed by atoms with Gasteiger partial charge in [0.15, 0.2) is 0 Å². The number of methoxy groups -OCH3 is 2. The molecule has 1 fully saturated rings. The van der Waals surface area contributed by atoms with Crippen molar-refractivity contribution >= 4 is 5.69 Å². The molecule has 0 aliphatic carbocycles. The van der Waals surface area contributed by atoms with Gasteiger partial charge >= 0.3 is 0 Å². The van der Waals surface area contributed by atoms with E-state index in [9.17, 15) is 4.39 Å². The van der Waals surface area contributed by atoms with Gasteiger partial charge in [0.2, 0.25) is 0 Å². The summed E-state index contributed by atoms with van der Waals surface area (Å²) in [5, 5.41) is 3.33. The van der Waals surface area contributed by atoms with Crippen molar-refractivity contribution in [3.05, 3.63) is 53.8 Å². The number of rotatable bonds is 6. The van der Waals surface area contributed by atoms with Crippen LogP contribution in [0.5, 0.6) is 11.5 Å². The van der Waals surface area contributed by atoms with Crippen molar-refractivity contribution < 1.29 is 13.9 Å². The third-order valence-electron chi connectivity index (χ3n) is 4.70. The SMILES string of the molecule is COc1ccc(OC)c(CN2CCC(Nc3ccccc3F)CC2)c1. The highest BCUT2D eigenvalue weighted by atomic mass is 19.1. The minimum absolute atomic E-state index is 0.189. The van der Waals surface area contributed by atoms with Crippen molar-refractivity contribution in [1.82, 2.24) is 4.90 Å². The zero-order chi connectivity index (χ0) is 17.6. The number of hydrogen-bond acceptors (Lipinski definition) is 4. The minimum Gasteiger partial charge on any atom is -0.497 e. The van der Waals surface area contributed by atoms with Crippen molar-refractivity contribution in [1.29, 1.82) is 0 Å². The predicted molar refractivity (Wildman–Crippen MR) is 97.9 cm³/mol. The van der Waals surface area contributed by atoms with Gasteiger partial charge < -0.3 is 14.8 Å². The van der Waals surface area contributed by atoms with Gasteiger partial charge in [-0.05, 0) is 43.2 Å². The summed E-state index contributed by atoms with van der Waals surface area (Å²) in [6.45, 7) is 2.76. The van der Waals surface area contributed by atoms with Crippen LogP contribution >= 0.6 is 0 Å². The average molecular weight is 344 g/mol. The molecule has 1 aliphatic rings. The highest BCUT2D eigenvalue weighted by Gasteiger charge is 2.21. The van der Waals surface area contributed by atoms with Crippen LogP contribution in [0.25, 0.3) is 0 Å². The average Bonchev–Trinajstić information content (AvgIpc) is 2.65. The van der Waals surface area contributed by atoms with Crippen LogP contribution in [0.15, 0.2) is 42.5 Å². The molecule has 0 unspecified atom stereocenters. The zero-order valence-electron chi connectivity index (χ0n) is 14.8. The molecule has 2 aromatic rings. The lowest BCUT2D eigenvalue weighted by molar-refractivity contribution is 0.208. The van der Waals surface area contributed by atoms with Crippen molar-refractivity contribution in [2.75, 3.05) is 32.6 Å². The maximum Gasteiger partial charge on any atom is 0.146 e. The van der Waals surface area contributed by atoms with Crippen LogP contribution < -0.4 is 14.8 Å². The Kier molecular flexibility index (Phi) is 5.76. The van der Waals surface area contributed by atoms with E-state index in [1.165, 1.54) is 6.07 Å². The number of halogens is 1. The summed E-state index contributed by atoms with van der Waals surface area (Å²) >= 11 is 0. The van der Waals surface area contributed by atoms with Gasteiger partial charge in [0.25, 0.3) is 0 Å². The van der Waals surface area contributed by atoms with E-state index in [0.29, 0.717) is 11.7 Å². The fourth-order valence-electron chi connectivity index (χ4n) is 3.28. The maximum atomic E-state index is 13.8. The summed E-state index contributed by atoms with van der Waals surface area (Å²) in [5.41, 5.74) is 1.72. The Hall–Kier alpha value is -2.27. The molecule has 4 nitrogen and oxygen atoms in total. The lowest BCUT2D eigenvalue weighted by atomic mass is 10.0. The molecule has 3 rings (SSSR count). The number of benzene rings is 2. The Morgan fingerprint density at radius 1 is 1.08 bits per heavy atom. The Balaban J connectivity index is 1.57. The first-order valence-corrected chi connectivity index (χ1v) is 8.64. The van der Waals surface area contributed by atoms with Gasteiger partial charge in [-0.15, -0.1) is 0 Å². The molecule has 25 heavy (non-hydrogen) atoms. The van der Waals surface area contributed by atoms with Crippen LogP contribution in [0.1, 0.15) is 18.4 Å². The van der Waals surface area contributed by atoms with E-state index >= 15 is 0 Å². The van der Waals surface area contributed by atoms with Crippen LogP contribution in [0, 0.1) is 5.82 Å². The Morgan fingerprint density at radius 2 is 1.84 bits per heavy atom. The number of likely N-dealkylation sites (tertiary alicyclic amines) is 1. The Bertz CT molecular complexity index is 700. The van der Waals surface area contributed by atoms with Crippen molar-refractivity contribution in [3.8, 4) is 11.5 Å². The van der Waals surface area contributed by atoms with Gasteiger partial charge in [0.1, 0.15) is 17.3 Å². The number of hydrogen-bond donors (Lipinski definition) is 1. The molecule has 134 valence electrons. The van der Waals surface area contributed by atoms with Crippen LogP contribution in [-0.4, -0.2) is 38.3 Å². The molecule has 5 heteroatoms. The van der Waals surface area contributed by atoms with Crippen molar-refractivity contribution in [2.24, 2.45) is 0 Å². The minimum atomic E-state index is -0.189. The number of para-hydroxylation sites is 1. The van der Waals surface area contributed by atoms with Crippen LogP contribution in [0.3, 0.4) is 0 Å². The summed E-state index contributed by atoms with van der Waals surface area (Å²) in [6, 6.07) is 13.0. The largest absolute Gasteiger partial charge is 0.497 e. The van der Waals surface area contributed by atoms with Gasteiger partial charge in [0, 0.05) is 31.2 Å². The normalized spacial score (nSPS) is 15.8. The molecular weight excluding hydrogens is 319 g/mol. The summed E-state index contributed by atoms with van der Waals surface area (Å²) in [6.07, 6.45) is 1.97. The molecular formula is C20H25FN2O2. The molecule has 1 saturated heterocycles. The van der Waals surface area contributed by atoms with Crippen molar-refractivity contribution in [3.63, 3.8) is 0 Å². The second-order valence-electron chi connectivity index (χ2n) is 6.35. The molecule has 0 aromatic heterocycles. The number of anilines is 1. The number of nitrogens with zero attached hydrogens (tertiary/aromatic N) is 1. The molecule has 0 bridgehead atoms. The molecule has 1 aliphatic heterocycles. The smallest absolute Gasteiger partial charge is 0.146 e. The summed E-state index contributed by atoms with van der Waals surface area (Å²) in [5.74, 6) is 1.53. The van der Waals surface area contributed by atoms with Crippen molar-refractivity contribution in [2.45, 2.75) is 25.4 Å². The molecule has 1 heterocycles. The van der Waals surface area contributed by atoms with E-state index < -0.39 is 0 Å². The molecule has 0 spiro atoms. The topological polar surface area (TPSA) is 33.7 Å². The lowest BCUT2D eigenvalue weighted by Gasteiger charge is -2.33. The second kappa shape index (κ2) is 8.21. The highest BCUT2D eigenvalue weighted by molar-refractivity contribution is 5.45. The van der Waals surface area contributed by atoms with E-state index in [1.54, 1.807) is 26.4 Å². The summed E-state index contributed by atoms with van der Waals surface area (Å²) in [4.78, 5) is 2.40. The predicted octanol–water partition coefficient (Wildman–Crippen LogP) is 3.92. The standard InChI is InChI=1S/C20H25FN2O2/c1-24-17-7-8-20(25-2)15(13-17)14-23-11-9-16(10-12-23)22-19-6-4-3-5-18(19)21/h3-8,13,16,22H,9-12,14H2,1-2H3. The molecule has 0 amide bonds. The van der Waals surface area contributed by atoms with Crippen LogP contribution in [-0.2, 0) is 6.54 Å². The van der Waals surface area contributed by atoms with Crippen LogP contribution in [0.2, 0.25) is 0 Å². The molecule has 1 N–H and O–H groups in total. The number of piperidine rings is 1. The Morgan fingerprint density at radius 3 is 2.52 bits per heavy atom. The molecule has 0 atom stereocenters. The van der Waals surface area contributed by atoms with E-state index in [-0.39, 0.29) is 5.82 Å². The van der Waals surface area contributed by atoms with E-state index in [2.05, 4.69) is 10.2 Å². The molecule has 0 saturated carbocycles. The fourth-order valence-corrected chi connectivity index (χ4v) is 3.28. The highest BCUT2D eigenvalue weighted by Crippen LogP contribution is 2.27. The van der Waals surface area contributed by atoms with Gasteiger partial charge in [-0.25, -0.2) is 4.39 Å². The van der Waals surface area contributed by atoms with Gasteiger partial charge in [-0.3, -0.25) is 4.90 Å². The second-order valence-corrected chi connectivity index (χ2v) is 6.35. The summed E-state index contributed by atoms with van der Waals surface area (Å²) in [7, 11) is 3.36. The Labute approximate surface area is 148 Å². The monoisotopic (exact) mass is 344 g/mol. The third kappa shape index (κ3) is 4.42. The quantitative estimate of drug-likeness (QED) is 0.861. The zero-order valence-corrected chi connectivity index (χ0v) is 14.8. The van der Waals surface area contributed by atoms with E-state index in [0.717, 1.165) is 49.5 Å². The molecule has 2 aromatic carbocycles. The lowest BCUT2D eigenvalue weighted by Crippen LogP contribution is -2.38. The van der Waals surface area contributed by atoms with Crippen LogP contribution in [0.4, 0.5) is 10.1 Å². The maximum absolute atomic E-state index is 13.8. The number of ether oxygens (including phenoxy) is 2. The third-order valence-corrected chi connectivity index (χ3v) is 4.70. The fraction of sp³-hybridized carbons (Fsp3) is 0.400. The number of nitrogens with one attached hydrogen (secondary N) is 1. The van der Waals surface area contributed by atoms with Gasteiger partial charge in [-0.1, -0.05) is 12.1 Å². The first-order valence-electron chi connectivity index (χ1n) is 8.64. The summed E-state index contributed by atoms with van der Waals surface area (Å²) < 4.78 is 24.5. The molecule has 0 radical (unpaired) electrons. The first kappa shape index (κ1) is 17.5. The van der Waals surface area contributed by atoms with Gasteiger partial charge in [-0.2, -0.15) is 0 Å².